The molecule has 116 valence electrons. The van der Waals surface area contributed by atoms with Crippen LogP contribution in [0.4, 0.5) is 11.4 Å². The van der Waals surface area contributed by atoms with Gasteiger partial charge in [-0.2, -0.15) is 0 Å². The van der Waals surface area contributed by atoms with Gasteiger partial charge in [-0.25, -0.2) is 0 Å². The number of carbonyl (C=O) groups is 1. The summed E-state index contributed by atoms with van der Waals surface area (Å²) >= 11 is 5.61. The van der Waals surface area contributed by atoms with Gasteiger partial charge in [-0.3, -0.25) is 14.9 Å². The number of carbonyl (C=O) groups excluding carboxylic acids is 1. The number of unbranched alkanes of at least 4 members (excludes halogenated alkanes) is 3. The Balaban J connectivity index is 2.56. The van der Waals surface area contributed by atoms with Crippen LogP contribution >= 0.6 is 11.6 Å². The standard InChI is InChI=1S/C15H21ClN2O3/c1-2-17(15(19)7-5-3-4-6-12-16)13-8-10-14(11-9-13)18(20)21/h8-11H,2-7,12H2,1H3. The van der Waals surface area contributed by atoms with Crippen molar-refractivity contribution in [1.82, 2.24) is 0 Å². The first-order chi connectivity index (χ1) is 10.1. The van der Waals surface area contributed by atoms with Gasteiger partial charge in [0.15, 0.2) is 0 Å². The van der Waals surface area contributed by atoms with Crippen molar-refractivity contribution in [1.29, 1.82) is 0 Å². The lowest BCUT2D eigenvalue weighted by Crippen LogP contribution is -2.30. The Bertz CT molecular complexity index is 462. The van der Waals surface area contributed by atoms with Crippen LogP contribution in [0.3, 0.4) is 0 Å². The molecule has 0 saturated carbocycles. The number of benzene rings is 1. The van der Waals surface area contributed by atoms with Gasteiger partial charge in [0.05, 0.1) is 4.92 Å². The molecule has 0 saturated heterocycles. The Morgan fingerprint density at radius 1 is 1.19 bits per heavy atom. The second kappa shape index (κ2) is 9.34. The summed E-state index contributed by atoms with van der Waals surface area (Å²) in [4.78, 5) is 24.0. The number of rotatable bonds is 9. The SMILES string of the molecule is CCN(C(=O)CCCCCCCl)c1ccc([N+](=O)[O-])cc1. The molecule has 0 N–H and O–H groups in total. The fourth-order valence-electron chi connectivity index (χ4n) is 2.12. The number of alkyl halides is 1. The van der Waals surface area contributed by atoms with Crippen molar-refractivity contribution < 1.29 is 9.72 Å². The molecule has 0 bridgehead atoms. The molecule has 1 aromatic carbocycles. The third kappa shape index (κ3) is 5.71. The Kier molecular flexibility index (Phi) is 7.75. The van der Waals surface area contributed by atoms with Crippen LogP contribution < -0.4 is 4.90 Å². The van der Waals surface area contributed by atoms with E-state index in [4.69, 9.17) is 11.6 Å². The number of nitro groups is 1. The number of hydrogen-bond acceptors (Lipinski definition) is 3. The minimum Gasteiger partial charge on any atom is -0.313 e. The molecule has 21 heavy (non-hydrogen) atoms. The summed E-state index contributed by atoms with van der Waals surface area (Å²) in [5.41, 5.74) is 0.734. The average molecular weight is 313 g/mol. The van der Waals surface area contributed by atoms with E-state index in [9.17, 15) is 14.9 Å². The molecule has 0 unspecified atom stereocenters. The summed E-state index contributed by atoms with van der Waals surface area (Å²) in [7, 11) is 0. The van der Waals surface area contributed by atoms with E-state index in [-0.39, 0.29) is 11.6 Å². The first kappa shape index (κ1) is 17.4. The molecular weight excluding hydrogens is 292 g/mol. The van der Waals surface area contributed by atoms with E-state index in [1.165, 1.54) is 12.1 Å². The topological polar surface area (TPSA) is 63.5 Å². The maximum atomic E-state index is 12.2. The van der Waals surface area contributed by atoms with Crippen LogP contribution in [0.2, 0.25) is 0 Å². The fraction of sp³-hybridized carbons (Fsp3) is 0.533. The molecule has 0 atom stereocenters. The van der Waals surface area contributed by atoms with Gasteiger partial charge in [-0.1, -0.05) is 12.8 Å². The second-order valence-corrected chi connectivity index (χ2v) is 5.14. The summed E-state index contributed by atoms with van der Waals surface area (Å²) in [6, 6.07) is 6.08. The molecule has 1 aromatic rings. The van der Waals surface area contributed by atoms with E-state index in [0.717, 1.165) is 25.7 Å². The lowest BCUT2D eigenvalue weighted by Gasteiger charge is -2.21. The summed E-state index contributed by atoms with van der Waals surface area (Å²) < 4.78 is 0. The maximum Gasteiger partial charge on any atom is 0.269 e. The summed E-state index contributed by atoms with van der Waals surface area (Å²) in [6.45, 7) is 2.45. The number of amides is 1. The van der Waals surface area contributed by atoms with Gasteiger partial charge in [0.25, 0.3) is 5.69 Å². The predicted molar refractivity (Wildman–Crippen MR) is 84.9 cm³/mol. The highest BCUT2D eigenvalue weighted by Gasteiger charge is 2.14. The lowest BCUT2D eigenvalue weighted by molar-refractivity contribution is -0.384. The van der Waals surface area contributed by atoms with Gasteiger partial charge in [0.2, 0.25) is 5.91 Å². The first-order valence-electron chi connectivity index (χ1n) is 7.21. The van der Waals surface area contributed by atoms with Gasteiger partial charge in [-0.05, 0) is 31.9 Å². The number of non-ortho nitro benzene ring substituents is 1. The second-order valence-electron chi connectivity index (χ2n) is 4.76. The van der Waals surface area contributed by atoms with Crippen molar-refractivity contribution in [2.24, 2.45) is 0 Å². The molecule has 1 amide bonds. The highest BCUT2D eigenvalue weighted by molar-refractivity contribution is 6.17. The van der Waals surface area contributed by atoms with E-state index >= 15 is 0 Å². The Labute approximate surface area is 130 Å². The number of hydrogen-bond donors (Lipinski definition) is 0. The van der Waals surface area contributed by atoms with E-state index < -0.39 is 4.92 Å². The number of nitro benzene ring substituents is 1. The highest BCUT2D eigenvalue weighted by Crippen LogP contribution is 2.20. The van der Waals surface area contributed by atoms with Gasteiger partial charge in [0, 0.05) is 36.7 Å². The monoisotopic (exact) mass is 312 g/mol. The summed E-state index contributed by atoms with van der Waals surface area (Å²) in [5, 5.41) is 10.6. The third-order valence-electron chi connectivity index (χ3n) is 3.26. The van der Waals surface area contributed by atoms with Crippen molar-refractivity contribution in [2.45, 2.75) is 39.0 Å². The molecule has 0 fully saturated rings. The molecule has 1 rings (SSSR count). The summed E-state index contributed by atoms with van der Waals surface area (Å²) in [5.74, 6) is 0.717. The van der Waals surface area contributed by atoms with Crippen LogP contribution in [-0.4, -0.2) is 23.3 Å². The van der Waals surface area contributed by atoms with Gasteiger partial charge in [0.1, 0.15) is 0 Å². The van der Waals surface area contributed by atoms with Gasteiger partial charge >= 0.3 is 0 Å². The average Bonchev–Trinajstić information content (AvgIpc) is 2.48. The molecule has 0 spiro atoms. The molecule has 0 aromatic heterocycles. The Morgan fingerprint density at radius 3 is 2.33 bits per heavy atom. The van der Waals surface area contributed by atoms with E-state index in [2.05, 4.69) is 0 Å². The Morgan fingerprint density at radius 2 is 1.81 bits per heavy atom. The number of nitrogens with zero attached hydrogens (tertiary/aromatic N) is 2. The number of anilines is 1. The number of halogens is 1. The molecule has 0 aliphatic heterocycles. The molecule has 0 radical (unpaired) electrons. The minimum absolute atomic E-state index is 0.0309. The van der Waals surface area contributed by atoms with Crippen molar-refractivity contribution in [3.8, 4) is 0 Å². The normalized spacial score (nSPS) is 10.4. The van der Waals surface area contributed by atoms with E-state index in [1.807, 2.05) is 6.92 Å². The maximum absolute atomic E-state index is 12.2. The Hall–Kier alpha value is -1.62. The zero-order valence-corrected chi connectivity index (χ0v) is 13.0. The molecule has 0 aliphatic rings. The van der Waals surface area contributed by atoms with Crippen molar-refractivity contribution in [2.75, 3.05) is 17.3 Å². The molecule has 5 nitrogen and oxygen atoms in total. The minimum atomic E-state index is -0.446. The largest absolute Gasteiger partial charge is 0.313 e. The third-order valence-corrected chi connectivity index (χ3v) is 3.53. The van der Waals surface area contributed by atoms with Crippen LogP contribution in [0.1, 0.15) is 39.0 Å². The first-order valence-corrected chi connectivity index (χ1v) is 7.74. The van der Waals surface area contributed by atoms with Crippen molar-refractivity contribution in [3.63, 3.8) is 0 Å². The fourth-order valence-corrected chi connectivity index (χ4v) is 2.31. The van der Waals surface area contributed by atoms with Gasteiger partial charge < -0.3 is 4.90 Å². The van der Waals surface area contributed by atoms with Crippen LogP contribution in [0, 0.1) is 10.1 Å². The van der Waals surface area contributed by atoms with Crippen LogP contribution in [0.25, 0.3) is 0 Å². The van der Waals surface area contributed by atoms with Gasteiger partial charge in [-0.15, -0.1) is 11.6 Å². The van der Waals surface area contributed by atoms with Crippen LogP contribution in [0.15, 0.2) is 24.3 Å². The predicted octanol–water partition coefficient (Wildman–Crippen LogP) is 4.14. The molecule has 6 heteroatoms. The molecular formula is C15H21ClN2O3. The zero-order chi connectivity index (χ0) is 15.7. The van der Waals surface area contributed by atoms with E-state index in [1.54, 1.807) is 17.0 Å². The highest BCUT2D eigenvalue weighted by atomic mass is 35.5. The van der Waals surface area contributed by atoms with Crippen molar-refractivity contribution in [3.05, 3.63) is 34.4 Å². The van der Waals surface area contributed by atoms with Crippen LogP contribution in [-0.2, 0) is 4.79 Å². The quantitative estimate of drug-likeness (QED) is 0.298. The summed E-state index contributed by atoms with van der Waals surface area (Å²) in [6.07, 6.45) is 4.36. The zero-order valence-electron chi connectivity index (χ0n) is 12.3. The van der Waals surface area contributed by atoms with Crippen molar-refractivity contribution >= 4 is 28.9 Å². The molecule has 0 heterocycles. The molecule has 0 aliphatic carbocycles. The smallest absolute Gasteiger partial charge is 0.269 e. The van der Waals surface area contributed by atoms with E-state index in [0.29, 0.717) is 24.5 Å². The lowest BCUT2D eigenvalue weighted by atomic mass is 10.1. The van der Waals surface area contributed by atoms with Crippen LogP contribution in [0.5, 0.6) is 0 Å².